The van der Waals surface area contributed by atoms with Gasteiger partial charge in [0.15, 0.2) is 0 Å². The molecule has 0 saturated carbocycles. The Morgan fingerprint density at radius 3 is 2.67 bits per heavy atom. The Morgan fingerprint density at radius 1 is 1.43 bits per heavy atom. The zero-order valence-corrected chi connectivity index (χ0v) is 13.5. The molecule has 0 aromatic rings. The lowest BCUT2D eigenvalue weighted by Gasteiger charge is -2.30. The maximum absolute atomic E-state index is 12.0. The van der Waals surface area contributed by atoms with E-state index in [9.17, 15) is 18.0 Å². The number of rotatable bonds is 6. The number of nitrogens with one attached hydrogen (secondary N) is 1. The Kier molecular flexibility index (Phi) is 6.56. The van der Waals surface area contributed by atoms with Gasteiger partial charge in [-0.3, -0.25) is 14.4 Å². The minimum Gasteiger partial charge on any atom is -0.347 e. The fourth-order valence-corrected chi connectivity index (χ4v) is 3.29. The molecule has 1 atom stereocenters. The molecule has 0 bridgehead atoms. The molecule has 1 aliphatic heterocycles. The molecular weight excluding hydrogens is 298 g/mol. The van der Waals surface area contributed by atoms with Crippen LogP contribution in [0.2, 0.25) is 0 Å². The maximum Gasteiger partial charge on any atom is 0.265 e. The van der Waals surface area contributed by atoms with Gasteiger partial charge in [-0.25, -0.2) is 17.8 Å². The van der Waals surface area contributed by atoms with E-state index in [1.807, 2.05) is 0 Å². The first kappa shape index (κ1) is 17.9. The number of amides is 2. The first-order chi connectivity index (χ1) is 9.81. The van der Waals surface area contributed by atoms with Crippen LogP contribution in [-0.4, -0.2) is 69.1 Å². The highest BCUT2D eigenvalue weighted by atomic mass is 32.2. The van der Waals surface area contributed by atoms with Gasteiger partial charge in [-0.05, 0) is 19.8 Å². The lowest BCUT2D eigenvalue weighted by atomic mass is 9.99. The summed E-state index contributed by atoms with van der Waals surface area (Å²) in [4.78, 5) is 28.3. The van der Waals surface area contributed by atoms with Gasteiger partial charge in [0.1, 0.15) is 0 Å². The number of hydrogen-bond acceptors (Lipinski definition) is 5. The lowest BCUT2D eigenvalue weighted by Crippen LogP contribution is -2.47. The molecule has 8 nitrogen and oxygen atoms in total. The monoisotopic (exact) mass is 321 g/mol. The van der Waals surface area contributed by atoms with E-state index < -0.39 is 15.9 Å². The van der Waals surface area contributed by atoms with E-state index in [1.54, 1.807) is 6.92 Å². The normalized spacial score (nSPS) is 20.0. The van der Waals surface area contributed by atoms with Crippen LogP contribution < -0.4 is 5.32 Å². The van der Waals surface area contributed by atoms with Crippen molar-refractivity contribution in [3.63, 3.8) is 0 Å². The van der Waals surface area contributed by atoms with Crippen molar-refractivity contribution >= 4 is 21.8 Å². The molecule has 1 unspecified atom stereocenters. The summed E-state index contributed by atoms with van der Waals surface area (Å²) >= 11 is 0. The molecule has 2 amide bonds. The van der Waals surface area contributed by atoms with Crippen LogP contribution in [0.25, 0.3) is 0 Å². The van der Waals surface area contributed by atoms with Crippen molar-refractivity contribution in [3.8, 4) is 0 Å². The van der Waals surface area contributed by atoms with Gasteiger partial charge in [-0.2, -0.15) is 0 Å². The number of hydrogen-bond donors (Lipinski definition) is 1. The second-order valence-corrected chi connectivity index (χ2v) is 7.15. The van der Waals surface area contributed by atoms with Gasteiger partial charge in [-0.1, -0.05) is 0 Å². The van der Waals surface area contributed by atoms with Crippen molar-refractivity contribution in [1.29, 1.82) is 0 Å². The van der Waals surface area contributed by atoms with E-state index >= 15 is 0 Å². The largest absolute Gasteiger partial charge is 0.347 e. The van der Waals surface area contributed by atoms with Crippen LogP contribution in [0.3, 0.4) is 0 Å². The molecular formula is C12H23N3O5S. The number of piperidine rings is 1. The van der Waals surface area contributed by atoms with Crippen molar-refractivity contribution in [1.82, 2.24) is 14.7 Å². The van der Waals surface area contributed by atoms with Gasteiger partial charge >= 0.3 is 0 Å². The summed E-state index contributed by atoms with van der Waals surface area (Å²) in [6.07, 6.45) is 1.26. The summed E-state index contributed by atoms with van der Waals surface area (Å²) in [6.45, 7) is 2.04. The van der Waals surface area contributed by atoms with Crippen LogP contribution >= 0.6 is 0 Å². The highest BCUT2D eigenvalue weighted by molar-refractivity contribution is 7.89. The van der Waals surface area contributed by atoms with E-state index in [1.165, 1.54) is 18.5 Å². The van der Waals surface area contributed by atoms with Crippen molar-refractivity contribution in [2.45, 2.75) is 19.8 Å². The van der Waals surface area contributed by atoms with Gasteiger partial charge in [0.05, 0.1) is 25.3 Å². The third-order valence-corrected chi connectivity index (χ3v) is 5.40. The van der Waals surface area contributed by atoms with Gasteiger partial charge in [0.25, 0.3) is 5.91 Å². The van der Waals surface area contributed by atoms with Crippen LogP contribution in [0.4, 0.5) is 0 Å². The van der Waals surface area contributed by atoms with Gasteiger partial charge in [0.2, 0.25) is 15.9 Å². The molecule has 0 radical (unpaired) electrons. The first-order valence-corrected chi connectivity index (χ1v) is 8.49. The van der Waals surface area contributed by atoms with Crippen LogP contribution in [0, 0.1) is 5.92 Å². The third-order valence-electron chi connectivity index (χ3n) is 3.55. The molecule has 1 rings (SSSR count). The third kappa shape index (κ3) is 4.94. The lowest BCUT2D eigenvalue weighted by molar-refractivity contribution is -0.168. The molecule has 0 spiro atoms. The quantitative estimate of drug-likeness (QED) is 0.645. The topological polar surface area (TPSA) is 96.0 Å². The fourth-order valence-electron chi connectivity index (χ4n) is 2.11. The summed E-state index contributed by atoms with van der Waals surface area (Å²) in [5, 5.41) is 3.55. The van der Waals surface area contributed by atoms with E-state index in [0.29, 0.717) is 19.4 Å². The molecule has 1 fully saturated rings. The second kappa shape index (κ2) is 7.71. The summed E-state index contributed by atoms with van der Waals surface area (Å²) in [5.74, 6) is -1.07. The van der Waals surface area contributed by atoms with E-state index in [4.69, 9.17) is 4.84 Å². The highest BCUT2D eigenvalue weighted by Crippen LogP contribution is 2.19. The van der Waals surface area contributed by atoms with Gasteiger partial charge < -0.3 is 5.32 Å². The van der Waals surface area contributed by atoms with Gasteiger partial charge in [0, 0.05) is 20.1 Å². The first-order valence-electron chi connectivity index (χ1n) is 6.88. The summed E-state index contributed by atoms with van der Waals surface area (Å²) < 4.78 is 25.0. The summed E-state index contributed by atoms with van der Waals surface area (Å²) in [6, 6.07) is 0. The van der Waals surface area contributed by atoms with E-state index in [-0.39, 0.29) is 30.7 Å². The van der Waals surface area contributed by atoms with Crippen LogP contribution in [0.1, 0.15) is 19.8 Å². The predicted octanol–water partition coefficient (Wildman–Crippen LogP) is -0.816. The molecule has 21 heavy (non-hydrogen) atoms. The number of carbonyl (C=O) groups excluding carboxylic acids is 2. The Labute approximate surface area is 125 Å². The predicted molar refractivity (Wildman–Crippen MR) is 76.5 cm³/mol. The molecule has 1 N–H and O–H groups in total. The van der Waals surface area contributed by atoms with Crippen molar-refractivity contribution in [2.75, 3.05) is 39.5 Å². The maximum atomic E-state index is 12.0. The Balaban J connectivity index is 2.53. The number of nitrogens with zero attached hydrogens (tertiary/aromatic N) is 2. The molecule has 1 heterocycles. The number of hydroxylamine groups is 2. The molecule has 1 saturated heterocycles. The van der Waals surface area contributed by atoms with Crippen LogP contribution in [-0.2, 0) is 24.4 Å². The Hall–Kier alpha value is -1.19. The highest BCUT2D eigenvalue weighted by Gasteiger charge is 2.31. The van der Waals surface area contributed by atoms with Crippen LogP contribution in [0.5, 0.6) is 0 Å². The molecule has 0 aromatic carbocycles. The standard InChI is InChI=1S/C12H23N3O5S/c1-4-21(18,19)15-7-5-6-10(9-15)12(17)13-8-11(16)14(2)20-3/h10H,4-9H2,1-3H3,(H,13,17). The average molecular weight is 321 g/mol. The number of carbonyl (C=O) groups is 2. The van der Waals surface area contributed by atoms with E-state index in [2.05, 4.69) is 5.32 Å². The SMILES string of the molecule is CCS(=O)(=O)N1CCCC(C(=O)NCC(=O)N(C)OC)C1. The number of sulfonamides is 1. The molecule has 0 aliphatic carbocycles. The molecule has 1 aliphatic rings. The minimum atomic E-state index is -3.28. The Morgan fingerprint density at radius 2 is 2.10 bits per heavy atom. The van der Waals surface area contributed by atoms with Crippen molar-refractivity contribution in [2.24, 2.45) is 5.92 Å². The van der Waals surface area contributed by atoms with E-state index in [0.717, 1.165) is 5.06 Å². The summed E-state index contributed by atoms with van der Waals surface area (Å²) in [7, 11) is -0.474. The fraction of sp³-hybridized carbons (Fsp3) is 0.833. The van der Waals surface area contributed by atoms with Gasteiger partial charge in [-0.15, -0.1) is 0 Å². The Bertz CT molecular complexity index is 479. The smallest absolute Gasteiger partial charge is 0.265 e. The summed E-state index contributed by atoms with van der Waals surface area (Å²) in [5.41, 5.74) is 0. The molecule has 122 valence electrons. The zero-order chi connectivity index (χ0) is 16.0. The van der Waals surface area contributed by atoms with Crippen molar-refractivity contribution < 1.29 is 22.8 Å². The minimum absolute atomic E-state index is 0.0262. The molecule has 0 aromatic heterocycles. The van der Waals surface area contributed by atoms with Crippen LogP contribution in [0.15, 0.2) is 0 Å². The average Bonchev–Trinajstić information content (AvgIpc) is 2.51. The zero-order valence-electron chi connectivity index (χ0n) is 12.7. The molecule has 9 heteroatoms. The number of likely N-dealkylation sites (N-methyl/N-ethyl adjacent to an activating group) is 1. The van der Waals surface area contributed by atoms with Crippen molar-refractivity contribution in [3.05, 3.63) is 0 Å². The second-order valence-electron chi connectivity index (χ2n) is 4.89.